The molecule has 1 aromatic rings. The van der Waals surface area contributed by atoms with Gasteiger partial charge in [0.2, 0.25) is 11.8 Å². The summed E-state index contributed by atoms with van der Waals surface area (Å²) in [5.74, 6) is -0.511. The van der Waals surface area contributed by atoms with Crippen molar-refractivity contribution in [1.29, 1.82) is 0 Å². The Hall–Kier alpha value is -2.02. The molecular weight excluding hydrogens is 304 g/mol. The first-order chi connectivity index (χ1) is 10.4. The number of benzene rings is 1. The highest BCUT2D eigenvalue weighted by Gasteiger charge is 2.34. The van der Waals surface area contributed by atoms with Crippen LogP contribution in [0, 0.1) is 6.92 Å². The maximum absolute atomic E-state index is 12.4. The highest BCUT2D eigenvalue weighted by molar-refractivity contribution is 7.99. The molecular formula is C15H18N2O4S. The number of hydrogen-bond donors (Lipinski definition) is 2. The van der Waals surface area contributed by atoms with E-state index < -0.39 is 12.0 Å². The molecule has 1 aromatic carbocycles. The van der Waals surface area contributed by atoms with E-state index in [0.717, 1.165) is 5.56 Å². The number of carbonyl (C=O) groups is 3. The lowest BCUT2D eigenvalue weighted by Gasteiger charge is -2.23. The normalized spacial score (nSPS) is 17.4. The van der Waals surface area contributed by atoms with Crippen molar-refractivity contribution in [3.05, 3.63) is 29.3 Å². The number of anilines is 1. The molecule has 0 aliphatic carbocycles. The summed E-state index contributed by atoms with van der Waals surface area (Å²) in [6.45, 7) is 3.54. The number of nitrogens with zero attached hydrogens (tertiary/aromatic N) is 1. The second-order valence-corrected chi connectivity index (χ2v) is 6.08. The summed E-state index contributed by atoms with van der Waals surface area (Å²) in [5, 5.41) is 11.9. The van der Waals surface area contributed by atoms with Crippen LogP contribution in [0.3, 0.4) is 0 Å². The number of rotatable bonds is 4. The van der Waals surface area contributed by atoms with E-state index in [0.29, 0.717) is 18.1 Å². The molecule has 0 saturated carbocycles. The molecule has 0 aromatic heterocycles. The number of aryl methyl sites for hydroxylation is 1. The van der Waals surface area contributed by atoms with E-state index in [2.05, 4.69) is 5.32 Å². The van der Waals surface area contributed by atoms with Crippen LogP contribution in [0.2, 0.25) is 0 Å². The van der Waals surface area contributed by atoms with Gasteiger partial charge in [-0.1, -0.05) is 18.6 Å². The molecule has 2 rings (SSSR count). The van der Waals surface area contributed by atoms with E-state index in [4.69, 9.17) is 0 Å². The Morgan fingerprint density at radius 2 is 2.14 bits per heavy atom. The van der Waals surface area contributed by atoms with Crippen LogP contribution in [0.4, 0.5) is 5.69 Å². The van der Waals surface area contributed by atoms with Gasteiger partial charge in [-0.05, 0) is 19.1 Å². The predicted octanol–water partition coefficient (Wildman–Crippen LogP) is 1.94. The number of carboxylic acids is 1. The molecule has 118 valence electrons. The van der Waals surface area contributed by atoms with Crippen LogP contribution in [0.15, 0.2) is 18.2 Å². The summed E-state index contributed by atoms with van der Waals surface area (Å²) >= 11 is 1.51. The Kier molecular flexibility index (Phi) is 5.07. The smallest absolute Gasteiger partial charge is 0.337 e. The highest BCUT2D eigenvalue weighted by Crippen LogP contribution is 2.24. The van der Waals surface area contributed by atoms with Crippen molar-refractivity contribution in [2.45, 2.75) is 26.3 Å². The van der Waals surface area contributed by atoms with Crippen LogP contribution in [0.1, 0.15) is 29.3 Å². The fourth-order valence-corrected chi connectivity index (χ4v) is 3.45. The molecule has 1 aliphatic heterocycles. The van der Waals surface area contributed by atoms with Crippen molar-refractivity contribution in [1.82, 2.24) is 4.90 Å². The van der Waals surface area contributed by atoms with Crippen LogP contribution in [-0.2, 0) is 9.59 Å². The molecule has 0 bridgehead atoms. The van der Waals surface area contributed by atoms with Crippen LogP contribution in [-0.4, -0.2) is 45.5 Å². The average Bonchev–Trinajstić information content (AvgIpc) is 2.97. The van der Waals surface area contributed by atoms with Crippen molar-refractivity contribution >= 4 is 35.2 Å². The Morgan fingerprint density at radius 3 is 2.77 bits per heavy atom. The molecule has 1 fully saturated rings. The zero-order chi connectivity index (χ0) is 16.3. The second kappa shape index (κ2) is 6.83. The van der Waals surface area contributed by atoms with Gasteiger partial charge < -0.3 is 15.3 Å². The standard InChI is InChI=1S/C15H18N2O4S/c1-3-13(18)17-8-22-7-12(17)14(19)16-11-5-4-9(2)6-10(11)15(20)21/h4-6,12H,3,7-8H2,1-2H3,(H,16,19)(H,20,21). The molecule has 2 N–H and O–H groups in total. The first-order valence-electron chi connectivity index (χ1n) is 6.96. The summed E-state index contributed by atoms with van der Waals surface area (Å²) in [6, 6.07) is 4.27. The Bertz CT molecular complexity index is 618. The van der Waals surface area contributed by atoms with Gasteiger partial charge in [-0.2, -0.15) is 0 Å². The third-order valence-electron chi connectivity index (χ3n) is 3.47. The first kappa shape index (κ1) is 16.4. The maximum atomic E-state index is 12.4. The van der Waals surface area contributed by atoms with E-state index >= 15 is 0 Å². The number of amides is 2. The summed E-state index contributed by atoms with van der Waals surface area (Å²) in [5.41, 5.74) is 1.10. The zero-order valence-electron chi connectivity index (χ0n) is 12.5. The van der Waals surface area contributed by atoms with E-state index in [9.17, 15) is 19.5 Å². The predicted molar refractivity (Wildman–Crippen MR) is 85.0 cm³/mol. The number of carboxylic acid groups (broad SMARTS) is 1. The first-order valence-corrected chi connectivity index (χ1v) is 8.11. The van der Waals surface area contributed by atoms with Crippen molar-refractivity contribution < 1.29 is 19.5 Å². The maximum Gasteiger partial charge on any atom is 0.337 e. The fourth-order valence-electron chi connectivity index (χ4n) is 2.27. The van der Waals surface area contributed by atoms with Gasteiger partial charge in [0.05, 0.1) is 17.1 Å². The number of carbonyl (C=O) groups excluding carboxylic acids is 2. The van der Waals surface area contributed by atoms with Gasteiger partial charge in [0.15, 0.2) is 0 Å². The molecule has 0 spiro atoms. The van der Waals surface area contributed by atoms with Crippen LogP contribution in [0.25, 0.3) is 0 Å². The van der Waals surface area contributed by atoms with Gasteiger partial charge in [0.25, 0.3) is 0 Å². The Labute approximate surface area is 132 Å². The van der Waals surface area contributed by atoms with E-state index in [1.807, 2.05) is 0 Å². The largest absolute Gasteiger partial charge is 0.478 e. The van der Waals surface area contributed by atoms with Crippen molar-refractivity contribution in [3.63, 3.8) is 0 Å². The van der Waals surface area contributed by atoms with E-state index in [1.165, 1.54) is 22.7 Å². The van der Waals surface area contributed by atoms with Crippen molar-refractivity contribution in [2.75, 3.05) is 16.9 Å². The summed E-state index contributed by atoms with van der Waals surface area (Å²) in [7, 11) is 0. The fraction of sp³-hybridized carbons (Fsp3) is 0.400. The van der Waals surface area contributed by atoms with Crippen molar-refractivity contribution in [2.24, 2.45) is 0 Å². The lowest BCUT2D eigenvalue weighted by molar-refractivity contribution is -0.135. The minimum Gasteiger partial charge on any atom is -0.478 e. The van der Waals surface area contributed by atoms with Crippen molar-refractivity contribution in [3.8, 4) is 0 Å². The average molecular weight is 322 g/mol. The quantitative estimate of drug-likeness (QED) is 0.884. The van der Waals surface area contributed by atoms with Crippen LogP contribution >= 0.6 is 11.8 Å². The summed E-state index contributed by atoms with van der Waals surface area (Å²) < 4.78 is 0. The molecule has 22 heavy (non-hydrogen) atoms. The zero-order valence-corrected chi connectivity index (χ0v) is 13.3. The summed E-state index contributed by atoms with van der Waals surface area (Å²) in [6.07, 6.45) is 0.343. The number of nitrogens with one attached hydrogen (secondary N) is 1. The Balaban J connectivity index is 2.19. The third-order valence-corrected chi connectivity index (χ3v) is 4.48. The second-order valence-electron chi connectivity index (χ2n) is 5.08. The minimum atomic E-state index is -1.10. The number of aromatic carboxylic acids is 1. The van der Waals surface area contributed by atoms with Crippen LogP contribution in [0.5, 0.6) is 0 Å². The lowest BCUT2D eigenvalue weighted by atomic mass is 10.1. The van der Waals surface area contributed by atoms with E-state index in [1.54, 1.807) is 26.0 Å². The third kappa shape index (κ3) is 3.41. The molecule has 1 atom stereocenters. The molecule has 0 radical (unpaired) electrons. The van der Waals surface area contributed by atoms with Gasteiger partial charge >= 0.3 is 5.97 Å². The summed E-state index contributed by atoms with van der Waals surface area (Å²) in [4.78, 5) is 37.0. The molecule has 7 heteroatoms. The van der Waals surface area contributed by atoms with Crippen LogP contribution < -0.4 is 5.32 Å². The van der Waals surface area contributed by atoms with Gasteiger partial charge in [0.1, 0.15) is 6.04 Å². The highest BCUT2D eigenvalue weighted by atomic mass is 32.2. The Morgan fingerprint density at radius 1 is 1.41 bits per heavy atom. The van der Waals surface area contributed by atoms with Gasteiger partial charge in [-0.15, -0.1) is 11.8 Å². The molecule has 1 heterocycles. The topological polar surface area (TPSA) is 86.7 Å². The van der Waals surface area contributed by atoms with E-state index in [-0.39, 0.29) is 23.1 Å². The molecule has 1 saturated heterocycles. The SMILES string of the molecule is CCC(=O)N1CSCC1C(=O)Nc1ccc(C)cc1C(=O)O. The molecule has 1 aliphatic rings. The van der Waals surface area contributed by atoms with Gasteiger partial charge in [0, 0.05) is 12.2 Å². The lowest BCUT2D eigenvalue weighted by Crippen LogP contribution is -2.44. The monoisotopic (exact) mass is 322 g/mol. The number of hydrogen-bond acceptors (Lipinski definition) is 4. The molecule has 1 unspecified atom stereocenters. The minimum absolute atomic E-state index is 0.0485. The number of thioether (sulfide) groups is 1. The molecule has 6 nitrogen and oxygen atoms in total. The molecule has 2 amide bonds. The van der Waals surface area contributed by atoms with Gasteiger partial charge in [-0.25, -0.2) is 4.79 Å². The van der Waals surface area contributed by atoms with Gasteiger partial charge in [-0.3, -0.25) is 9.59 Å².